The first-order valence-electron chi connectivity index (χ1n) is 6.87. The average molecular weight is 246 g/mol. The first-order chi connectivity index (χ1) is 9.45. The highest BCUT2D eigenvalue weighted by Crippen LogP contribution is 2.36. The number of hydrogen-bond donors (Lipinski definition) is 1. The van der Waals surface area contributed by atoms with Gasteiger partial charge in [-0.05, 0) is 37.1 Å². The van der Waals surface area contributed by atoms with Gasteiger partial charge in [0.05, 0.1) is 0 Å². The lowest BCUT2D eigenvalue weighted by Gasteiger charge is -2.16. The molecule has 2 aromatic rings. The summed E-state index contributed by atoms with van der Waals surface area (Å²) in [5.74, 6) is 0. The summed E-state index contributed by atoms with van der Waals surface area (Å²) in [5.41, 5.74) is 7.10. The van der Waals surface area contributed by atoms with E-state index in [1.54, 1.807) is 0 Å². The van der Waals surface area contributed by atoms with Gasteiger partial charge in [0.1, 0.15) is 17.1 Å². The van der Waals surface area contributed by atoms with E-state index in [0.29, 0.717) is 0 Å². The standard InChI is InChI=1S/C18H15N/c1-2-8-14(9-3-1)19-17-12-6-4-10-15(17)16-11-5-7-13-18(16)19/h1-4,6-10,12-13H,5,11H2/p+1. The molecule has 1 heterocycles. The number of nitrogens with one attached hydrogen (secondary N) is 1. The molecule has 0 saturated heterocycles. The van der Waals surface area contributed by atoms with Gasteiger partial charge >= 0.3 is 0 Å². The highest BCUT2D eigenvalue weighted by atomic mass is 15.2. The van der Waals surface area contributed by atoms with E-state index in [-0.39, 0.29) is 0 Å². The van der Waals surface area contributed by atoms with Crippen molar-refractivity contribution in [3.05, 3.63) is 78.0 Å². The summed E-state index contributed by atoms with van der Waals surface area (Å²) in [6, 6.07) is 19.6. The van der Waals surface area contributed by atoms with Crippen molar-refractivity contribution in [3.63, 3.8) is 0 Å². The Morgan fingerprint density at radius 2 is 1.63 bits per heavy atom. The molecule has 0 aromatic heterocycles. The molecule has 92 valence electrons. The van der Waals surface area contributed by atoms with Gasteiger partial charge in [-0.25, -0.2) is 4.90 Å². The third-order valence-electron chi connectivity index (χ3n) is 4.02. The normalized spacial score (nSPS) is 20.3. The van der Waals surface area contributed by atoms with Gasteiger partial charge in [-0.3, -0.25) is 0 Å². The molecule has 0 radical (unpaired) electrons. The molecule has 1 nitrogen and oxygen atoms in total. The Morgan fingerprint density at radius 1 is 0.842 bits per heavy atom. The quantitative estimate of drug-likeness (QED) is 0.784. The van der Waals surface area contributed by atoms with Crippen molar-refractivity contribution in [2.24, 2.45) is 0 Å². The van der Waals surface area contributed by atoms with Crippen LogP contribution in [-0.2, 0) is 0 Å². The van der Waals surface area contributed by atoms with Gasteiger partial charge in [0.15, 0.2) is 0 Å². The van der Waals surface area contributed by atoms with E-state index in [1.807, 2.05) is 0 Å². The lowest BCUT2D eigenvalue weighted by molar-refractivity contribution is -0.706. The molecule has 1 heteroatoms. The zero-order valence-corrected chi connectivity index (χ0v) is 10.8. The van der Waals surface area contributed by atoms with Gasteiger partial charge in [-0.15, -0.1) is 0 Å². The van der Waals surface area contributed by atoms with Crippen LogP contribution in [-0.4, -0.2) is 0 Å². The molecular weight excluding hydrogens is 230 g/mol. The second kappa shape index (κ2) is 4.22. The number of quaternary nitrogens is 1. The van der Waals surface area contributed by atoms with E-state index >= 15 is 0 Å². The van der Waals surface area contributed by atoms with Gasteiger partial charge in [-0.1, -0.05) is 36.4 Å². The number of hydrogen-bond acceptors (Lipinski definition) is 0. The number of benzene rings is 2. The fourth-order valence-electron chi connectivity index (χ4n) is 3.20. The van der Waals surface area contributed by atoms with Crippen molar-refractivity contribution in [2.75, 3.05) is 0 Å². The topological polar surface area (TPSA) is 4.44 Å². The Morgan fingerprint density at radius 3 is 2.53 bits per heavy atom. The fraction of sp³-hybridized carbons (Fsp3) is 0.111. The Bertz CT molecular complexity index is 680. The molecule has 1 aliphatic carbocycles. The molecule has 19 heavy (non-hydrogen) atoms. The molecule has 1 aliphatic heterocycles. The molecule has 1 atom stereocenters. The van der Waals surface area contributed by atoms with Crippen molar-refractivity contribution >= 4 is 16.9 Å². The second-order valence-electron chi connectivity index (χ2n) is 5.12. The monoisotopic (exact) mass is 246 g/mol. The van der Waals surface area contributed by atoms with Crippen LogP contribution in [0.15, 0.2) is 72.4 Å². The van der Waals surface area contributed by atoms with E-state index in [9.17, 15) is 0 Å². The van der Waals surface area contributed by atoms with Gasteiger partial charge in [0.2, 0.25) is 0 Å². The van der Waals surface area contributed by atoms with Crippen molar-refractivity contribution in [3.8, 4) is 0 Å². The summed E-state index contributed by atoms with van der Waals surface area (Å²) in [6.07, 6.45) is 6.93. The van der Waals surface area contributed by atoms with Crippen molar-refractivity contribution < 1.29 is 4.90 Å². The summed E-state index contributed by atoms with van der Waals surface area (Å²) in [6.45, 7) is 0. The minimum Gasteiger partial charge on any atom is -0.237 e. The predicted molar refractivity (Wildman–Crippen MR) is 78.5 cm³/mol. The minimum absolute atomic E-state index is 1.16. The van der Waals surface area contributed by atoms with Gasteiger partial charge in [-0.2, -0.15) is 0 Å². The molecule has 4 rings (SSSR count). The van der Waals surface area contributed by atoms with Crippen LogP contribution in [0, 0.1) is 0 Å². The van der Waals surface area contributed by atoms with Crippen LogP contribution in [0.5, 0.6) is 0 Å². The van der Waals surface area contributed by atoms with Crippen LogP contribution in [0.4, 0.5) is 11.4 Å². The predicted octanol–water partition coefficient (Wildman–Crippen LogP) is 3.61. The van der Waals surface area contributed by atoms with E-state index < -0.39 is 0 Å². The largest absolute Gasteiger partial charge is 0.237 e. The third-order valence-corrected chi connectivity index (χ3v) is 4.02. The SMILES string of the molecule is C1=CC2=C(CC1)c1ccccc1[NH+]2c1ccccc1. The zero-order chi connectivity index (χ0) is 12.7. The first kappa shape index (κ1) is 10.8. The number of fused-ring (bicyclic) bond motifs is 2. The van der Waals surface area contributed by atoms with Crippen molar-refractivity contribution in [1.82, 2.24) is 0 Å². The molecule has 0 saturated carbocycles. The maximum atomic E-state index is 2.31. The van der Waals surface area contributed by atoms with Crippen LogP contribution in [0.1, 0.15) is 18.4 Å². The van der Waals surface area contributed by atoms with Crippen molar-refractivity contribution in [2.45, 2.75) is 12.8 Å². The van der Waals surface area contributed by atoms with Crippen LogP contribution < -0.4 is 4.90 Å². The molecule has 2 aromatic carbocycles. The Balaban J connectivity index is 1.95. The highest BCUT2D eigenvalue weighted by Gasteiger charge is 2.34. The maximum absolute atomic E-state index is 2.31. The summed E-state index contributed by atoms with van der Waals surface area (Å²) < 4.78 is 0. The van der Waals surface area contributed by atoms with E-state index in [0.717, 1.165) is 6.42 Å². The molecule has 0 amide bonds. The summed E-state index contributed by atoms with van der Waals surface area (Å²) in [5, 5.41) is 0. The van der Waals surface area contributed by atoms with E-state index in [4.69, 9.17) is 0 Å². The maximum Gasteiger partial charge on any atom is 0.149 e. The molecule has 1 N–H and O–H groups in total. The lowest BCUT2D eigenvalue weighted by Crippen LogP contribution is -2.99. The Hall–Kier alpha value is -2.12. The Labute approximate surface area is 113 Å². The zero-order valence-electron chi connectivity index (χ0n) is 10.8. The van der Waals surface area contributed by atoms with Gasteiger partial charge < -0.3 is 0 Å². The molecule has 2 aliphatic rings. The summed E-state index contributed by atoms with van der Waals surface area (Å²) in [7, 11) is 0. The highest BCUT2D eigenvalue weighted by molar-refractivity contribution is 5.81. The molecule has 1 unspecified atom stereocenters. The van der Waals surface area contributed by atoms with E-state index in [1.165, 1.54) is 39.5 Å². The Kier molecular flexibility index (Phi) is 2.39. The minimum atomic E-state index is 1.16. The smallest absolute Gasteiger partial charge is 0.149 e. The fourth-order valence-corrected chi connectivity index (χ4v) is 3.20. The van der Waals surface area contributed by atoms with Crippen molar-refractivity contribution in [1.29, 1.82) is 0 Å². The number of allylic oxidation sites excluding steroid dienone is 3. The summed E-state index contributed by atoms with van der Waals surface area (Å²) >= 11 is 0. The lowest BCUT2D eigenvalue weighted by atomic mass is 9.97. The number of para-hydroxylation sites is 2. The molecule has 0 bridgehead atoms. The number of rotatable bonds is 1. The average Bonchev–Trinajstić information content (AvgIpc) is 2.83. The molecular formula is C18H16N+. The van der Waals surface area contributed by atoms with E-state index in [2.05, 4.69) is 66.7 Å². The van der Waals surface area contributed by atoms with Crippen LogP contribution >= 0.6 is 0 Å². The van der Waals surface area contributed by atoms with Crippen LogP contribution in [0.25, 0.3) is 5.57 Å². The summed E-state index contributed by atoms with van der Waals surface area (Å²) in [4.78, 5) is 1.40. The van der Waals surface area contributed by atoms with Gasteiger partial charge in [0, 0.05) is 17.2 Å². The van der Waals surface area contributed by atoms with Crippen LogP contribution in [0.2, 0.25) is 0 Å². The first-order valence-corrected chi connectivity index (χ1v) is 6.87. The third kappa shape index (κ3) is 1.59. The molecule has 0 fully saturated rings. The van der Waals surface area contributed by atoms with Gasteiger partial charge in [0.25, 0.3) is 0 Å². The molecule has 0 spiro atoms. The van der Waals surface area contributed by atoms with Crippen LogP contribution in [0.3, 0.4) is 0 Å². The second-order valence-corrected chi connectivity index (χ2v) is 5.12.